The Morgan fingerprint density at radius 2 is 1.69 bits per heavy atom. The Kier molecular flexibility index (Phi) is 4.85. The summed E-state index contributed by atoms with van der Waals surface area (Å²) in [5.41, 5.74) is 1.62. The summed E-state index contributed by atoms with van der Waals surface area (Å²) in [6.45, 7) is 6.82. The van der Waals surface area contributed by atoms with E-state index in [1.165, 1.54) is 31.2 Å². The summed E-state index contributed by atoms with van der Waals surface area (Å²) in [7, 11) is 0. The lowest BCUT2D eigenvalue weighted by atomic mass is 9.76. The maximum Gasteiger partial charge on any atom is 0.115 e. The Morgan fingerprint density at radius 3 is 2.19 bits per heavy atom. The second-order valence-electron chi connectivity index (χ2n) is 4.92. The highest BCUT2D eigenvalue weighted by atomic mass is 16.3. The first-order valence-electron chi connectivity index (χ1n) is 6.42. The first-order valence-corrected chi connectivity index (χ1v) is 6.42. The smallest absolute Gasteiger partial charge is 0.115 e. The largest absolute Gasteiger partial charge is 0.508 e. The SMILES string of the molecule is CCCCC[C@@](C)(CC)c1ccc(O)cc1. The summed E-state index contributed by atoms with van der Waals surface area (Å²) >= 11 is 0. The van der Waals surface area contributed by atoms with E-state index in [4.69, 9.17) is 0 Å². The highest BCUT2D eigenvalue weighted by Gasteiger charge is 2.23. The van der Waals surface area contributed by atoms with Crippen LogP contribution >= 0.6 is 0 Å². The molecule has 1 heteroatoms. The van der Waals surface area contributed by atoms with E-state index in [2.05, 4.69) is 32.9 Å². The van der Waals surface area contributed by atoms with E-state index in [9.17, 15) is 5.11 Å². The van der Waals surface area contributed by atoms with Gasteiger partial charge in [0.1, 0.15) is 5.75 Å². The lowest BCUT2D eigenvalue weighted by Gasteiger charge is -2.29. The number of aromatic hydroxyl groups is 1. The lowest BCUT2D eigenvalue weighted by Crippen LogP contribution is -2.20. The Bertz CT molecular complexity index is 302. The zero-order chi connectivity index (χ0) is 12.0. The van der Waals surface area contributed by atoms with Crippen molar-refractivity contribution in [2.24, 2.45) is 0 Å². The molecule has 0 amide bonds. The molecule has 0 bridgehead atoms. The van der Waals surface area contributed by atoms with E-state index in [0.717, 1.165) is 6.42 Å². The second-order valence-corrected chi connectivity index (χ2v) is 4.92. The first kappa shape index (κ1) is 13.1. The van der Waals surface area contributed by atoms with Crippen LogP contribution in [0.3, 0.4) is 0 Å². The highest BCUT2D eigenvalue weighted by Crippen LogP contribution is 2.33. The molecule has 1 aromatic rings. The van der Waals surface area contributed by atoms with E-state index in [-0.39, 0.29) is 5.41 Å². The van der Waals surface area contributed by atoms with Crippen LogP contribution in [-0.4, -0.2) is 5.11 Å². The van der Waals surface area contributed by atoms with Crippen LogP contribution in [0.5, 0.6) is 5.75 Å². The molecule has 90 valence electrons. The summed E-state index contributed by atoms with van der Waals surface area (Å²) in [4.78, 5) is 0. The van der Waals surface area contributed by atoms with Crippen LogP contribution < -0.4 is 0 Å². The van der Waals surface area contributed by atoms with E-state index >= 15 is 0 Å². The van der Waals surface area contributed by atoms with Crippen molar-refractivity contribution >= 4 is 0 Å². The van der Waals surface area contributed by atoms with E-state index < -0.39 is 0 Å². The molecule has 1 nitrogen and oxygen atoms in total. The fraction of sp³-hybridized carbons (Fsp3) is 0.600. The van der Waals surface area contributed by atoms with Crippen molar-refractivity contribution in [1.29, 1.82) is 0 Å². The number of phenols is 1. The Labute approximate surface area is 99.5 Å². The van der Waals surface area contributed by atoms with Gasteiger partial charge in [0.15, 0.2) is 0 Å². The van der Waals surface area contributed by atoms with Gasteiger partial charge in [-0.3, -0.25) is 0 Å². The van der Waals surface area contributed by atoms with Gasteiger partial charge in [0.25, 0.3) is 0 Å². The maximum absolute atomic E-state index is 9.31. The topological polar surface area (TPSA) is 20.2 Å². The number of benzene rings is 1. The number of unbranched alkanes of at least 4 members (excludes halogenated alkanes) is 2. The Balaban J connectivity index is 2.74. The summed E-state index contributed by atoms with van der Waals surface area (Å²) in [6, 6.07) is 7.71. The van der Waals surface area contributed by atoms with Crippen LogP contribution in [0.25, 0.3) is 0 Å². The second kappa shape index (κ2) is 5.93. The molecular formula is C15H24O. The van der Waals surface area contributed by atoms with Gasteiger partial charge in [-0.25, -0.2) is 0 Å². The van der Waals surface area contributed by atoms with Crippen molar-refractivity contribution in [3.63, 3.8) is 0 Å². The van der Waals surface area contributed by atoms with Crippen LogP contribution in [0.4, 0.5) is 0 Å². The Morgan fingerprint density at radius 1 is 1.06 bits per heavy atom. The summed E-state index contributed by atoms with van der Waals surface area (Å²) in [6.07, 6.45) is 6.27. The predicted octanol–water partition coefficient (Wildman–Crippen LogP) is 4.64. The van der Waals surface area contributed by atoms with Crippen molar-refractivity contribution < 1.29 is 5.11 Å². The molecule has 1 N–H and O–H groups in total. The van der Waals surface area contributed by atoms with Crippen LogP contribution in [0, 0.1) is 0 Å². The molecule has 0 aliphatic carbocycles. The molecule has 0 saturated heterocycles. The van der Waals surface area contributed by atoms with E-state index in [0.29, 0.717) is 5.75 Å². The average Bonchev–Trinajstić information content (AvgIpc) is 2.30. The van der Waals surface area contributed by atoms with Gasteiger partial charge < -0.3 is 5.11 Å². The average molecular weight is 220 g/mol. The normalized spacial score (nSPS) is 14.7. The third-order valence-electron chi connectivity index (χ3n) is 3.68. The van der Waals surface area contributed by atoms with Crippen LogP contribution in [0.15, 0.2) is 24.3 Å². The first-order chi connectivity index (χ1) is 7.62. The fourth-order valence-corrected chi connectivity index (χ4v) is 2.15. The van der Waals surface area contributed by atoms with Gasteiger partial charge in [-0.15, -0.1) is 0 Å². The van der Waals surface area contributed by atoms with Crippen molar-refractivity contribution in [3.05, 3.63) is 29.8 Å². The van der Waals surface area contributed by atoms with Gasteiger partial charge in [-0.05, 0) is 36.0 Å². The molecule has 0 radical (unpaired) electrons. The lowest BCUT2D eigenvalue weighted by molar-refractivity contribution is 0.397. The van der Waals surface area contributed by atoms with Gasteiger partial charge >= 0.3 is 0 Å². The zero-order valence-electron chi connectivity index (χ0n) is 10.8. The minimum absolute atomic E-state index is 0.267. The predicted molar refractivity (Wildman–Crippen MR) is 69.9 cm³/mol. The molecule has 0 saturated carbocycles. The van der Waals surface area contributed by atoms with Gasteiger partial charge in [0.05, 0.1) is 0 Å². The van der Waals surface area contributed by atoms with E-state index in [1.54, 1.807) is 12.1 Å². The van der Waals surface area contributed by atoms with Gasteiger partial charge in [-0.2, -0.15) is 0 Å². The molecule has 1 atom stereocenters. The molecule has 0 aliphatic heterocycles. The number of phenolic OH excluding ortho intramolecular Hbond substituents is 1. The fourth-order valence-electron chi connectivity index (χ4n) is 2.15. The molecule has 0 aliphatic rings. The minimum Gasteiger partial charge on any atom is -0.508 e. The minimum atomic E-state index is 0.267. The van der Waals surface area contributed by atoms with Gasteiger partial charge in [0, 0.05) is 0 Å². The van der Waals surface area contributed by atoms with E-state index in [1.807, 2.05) is 0 Å². The molecule has 0 unspecified atom stereocenters. The van der Waals surface area contributed by atoms with Gasteiger partial charge in [-0.1, -0.05) is 52.2 Å². The summed E-state index contributed by atoms with van der Waals surface area (Å²) in [5.74, 6) is 0.357. The molecule has 0 fully saturated rings. The molecule has 1 rings (SSSR count). The number of hydrogen-bond donors (Lipinski definition) is 1. The Hall–Kier alpha value is -0.980. The monoisotopic (exact) mass is 220 g/mol. The molecule has 0 heterocycles. The van der Waals surface area contributed by atoms with Crippen molar-refractivity contribution in [2.45, 2.75) is 58.3 Å². The summed E-state index contributed by atoms with van der Waals surface area (Å²) in [5, 5.41) is 9.31. The van der Waals surface area contributed by atoms with Crippen LogP contribution in [0.1, 0.15) is 58.4 Å². The van der Waals surface area contributed by atoms with Crippen molar-refractivity contribution in [2.75, 3.05) is 0 Å². The van der Waals surface area contributed by atoms with Crippen LogP contribution in [0.2, 0.25) is 0 Å². The number of hydrogen-bond acceptors (Lipinski definition) is 1. The quantitative estimate of drug-likeness (QED) is 0.692. The molecule has 0 spiro atoms. The molecule has 1 aromatic carbocycles. The third-order valence-corrected chi connectivity index (χ3v) is 3.68. The molecule has 0 aromatic heterocycles. The number of rotatable bonds is 6. The maximum atomic E-state index is 9.31. The zero-order valence-corrected chi connectivity index (χ0v) is 10.8. The third kappa shape index (κ3) is 3.26. The van der Waals surface area contributed by atoms with Crippen LogP contribution in [-0.2, 0) is 5.41 Å². The standard InChI is InChI=1S/C15H24O/c1-4-6-7-12-15(3,5-2)13-8-10-14(16)11-9-13/h8-11,16H,4-7,12H2,1-3H3/t15-/m1/s1. The van der Waals surface area contributed by atoms with Gasteiger partial charge in [0.2, 0.25) is 0 Å². The highest BCUT2D eigenvalue weighted by molar-refractivity contribution is 5.31. The van der Waals surface area contributed by atoms with Crippen molar-refractivity contribution in [1.82, 2.24) is 0 Å². The summed E-state index contributed by atoms with van der Waals surface area (Å²) < 4.78 is 0. The van der Waals surface area contributed by atoms with Crippen molar-refractivity contribution in [3.8, 4) is 5.75 Å². The molecular weight excluding hydrogens is 196 g/mol. The molecule has 16 heavy (non-hydrogen) atoms.